The van der Waals surface area contributed by atoms with Gasteiger partial charge in [0, 0.05) is 43.2 Å². The van der Waals surface area contributed by atoms with Gasteiger partial charge in [0.25, 0.3) is 0 Å². The van der Waals surface area contributed by atoms with Crippen molar-refractivity contribution in [2.45, 2.75) is 45.8 Å². The lowest BCUT2D eigenvalue weighted by atomic mass is 10.2. The van der Waals surface area contributed by atoms with Crippen molar-refractivity contribution >= 4 is 17.7 Å². The number of nitrogens with zero attached hydrogens (tertiary/aromatic N) is 1. The summed E-state index contributed by atoms with van der Waals surface area (Å²) in [6.45, 7) is 11.4. The predicted molar refractivity (Wildman–Crippen MR) is 79.1 cm³/mol. The molecule has 0 aromatic heterocycles. The van der Waals surface area contributed by atoms with E-state index in [0.29, 0.717) is 12.1 Å². The first-order valence-electron chi connectivity index (χ1n) is 6.87. The Kier molecular flexibility index (Phi) is 7.04. The number of amides is 1. The van der Waals surface area contributed by atoms with Gasteiger partial charge in [-0.3, -0.25) is 9.69 Å². The smallest absolute Gasteiger partial charge is 0.238 e. The highest BCUT2D eigenvalue weighted by molar-refractivity contribution is 7.99. The van der Waals surface area contributed by atoms with Gasteiger partial charge in [-0.25, -0.2) is 0 Å². The molecule has 106 valence electrons. The summed E-state index contributed by atoms with van der Waals surface area (Å²) in [5.41, 5.74) is 0. The summed E-state index contributed by atoms with van der Waals surface area (Å²) in [6.07, 6.45) is 0. The van der Waals surface area contributed by atoms with Crippen molar-refractivity contribution in [3.05, 3.63) is 0 Å². The van der Waals surface area contributed by atoms with E-state index in [4.69, 9.17) is 0 Å². The molecular weight excluding hydrogens is 246 g/mol. The predicted octanol–water partition coefficient (Wildman–Crippen LogP) is 0.926. The molecule has 1 saturated heterocycles. The second-order valence-corrected chi connectivity index (χ2v) is 6.45. The zero-order valence-corrected chi connectivity index (χ0v) is 12.8. The molecule has 1 fully saturated rings. The Morgan fingerprint density at radius 1 is 1.39 bits per heavy atom. The molecule has 0 saturated carbocycles. The summed E-state index contributed by atoms with van der Waals surface area (Å²) >= 11 is 1.85. The number of carbonyl (C=O) groups excluding carboxylic acids is 1. The van der Waals surface area contributed by atoms with Crippen molar-refractivity contribution in [3.8, 4) is 0 Å². The minimum atomic E-state index is -0.00435. The number of nitrogens with one attached hydrogen (secondary N) is 2. The summed E-state index contributed by atoms with van der Waals surface area (Å²) in [5.74, 6) is 2.15. The molecule has 4 nitrogen and oxygen atoms in total. The Morgan fingerprint density at radius 3 is 2.56 bits per heavy atom. The first-order chi connectivity index (χ1) is 8.52. The molecule has 1 aliphatic heterocycles. The molecule has 1 heterocycles. The normalized spacial score (nSPS) is 20.7. The summed E-state index contributed by atoms with van der Waals surface area (Å²) in [7, 11) is 0. The number of thioether (sulfide) groups is 1. The van der Waals surface area contributed by atoms with Gasteiger partial charge in [-0.1, -0.05) is 0 Å². The molecule has 5 heteroatoms. The van der Waals surface area contributed by atoms with Crippen LogP contribution in [0.15, 0.2) is 0 Å². The molecule has 0 aromatic carbocycles. The van der Waals surface area contributed by atoms with Crippen LogP contribution in [0.3, 0.4) is 0 Å². The van der Waals surface area contributed by atoms with E-state index >= 15 is 0 Å². The second kappa shape index (κ2) is 8.02. The fourth-order valence-electron chi connectivity index (χ4n) is 2.28. The third-order valence-electron chi connectivity index (χ3n) is 3.23. The molecule has 0 radical (unpaired) electrons. The van der Waals surface area contributed by atoms with Gasteiger partial charge in [-0.05, 0) is 27.7 Å². The molecule has 0 aromatic rings. The standard InChI is InChI=1S/C13H27N3OS/c1-10(2)16(11(3)4)7-5-15-13(17)12-9-18-8-6-14-12/h10-12,14H,5-9H2,1-4H3,(H,15,17). The van der Waals surface area contributed by atoms with E-state index in [1.54, 1.807) is 0 Å². The van der Waals surface area contributed by atoms with Crippen LogP contribution in [-0.2, 0) is 4.79 Å². The molecule has 0 spiro atoms. The van der Waals surface area contributed by atoms with Crippen LogP contribution < -0.4 is 10.6 Å². The molecule has 0 aliphatic carbocycles. The maximum atomic E-state index is 11.9. The van der Waals surface area contributed by atoms with E-state index in [1.165, 1.54) is 0 Å². The Balaban J connectivity index is 2.25. The van der Waals surface area contributed by atoms with Crippen LogP contribution in [0.25, 0.3) is 0 Å². The largest absolute Gasteiger partial charge is 0.353 e. The maximum Gasteiger partial charge on any atom is 0.238 e. The summed E-state index contributed by atoms with van der Waals surface area (Å²) in [5, 5.41) is 6.29. The van der Waals surface area contributed by atoms with Crippen molar-refractivity contribution in [2.24, 2.45) is 0 Å². The van der Waals surface area contributed by atoms with Crippen molar-refractivity contribution in [1.82, 2.24) is 15.5 Å². The highest BCUT2D eigenvalue weighted by atomic mass is 32.2. The van der Waals surface area contributed by atoms with Gasteiger partial charge in [0.15, 0.2) is 0 Å². The number of hydrogen-bond acceptors (Lipinski definition) is 4. The van der Waals surface area contributed by atoms with E-state index in [-0.39, 0.29) is 11.9 Å². The van der Waals surface area contributed by atoms with Crippen molar-refractivity contribution < 1.29 is 4.79 Å². The van der Waals surface area contributed by atoms with Crippen LogP contribution >= 0.6 is 11.8 Å². The fourth-order valence-corrected chi connectivity index (χ4v) is 3.21. The van der Waals surface area contributed by atoms with Crippen molar-refractivity contribution in [2.75, 3.05) is 31.1 Å². The molecule has 1 unspecified atom stereocenters. The van der Waals surface area contributed by atoms with Gasteiger partial charge in [-0.15, -0.1) is 0 Å². The molecule has 0 bridgehead atoms. The van der Waals surface area contributed by atoms with Crippen LogP contribution in [0.5, 0.6) is 0 Å². The van der Waals surface area contributed by atoms with Crippen LogP contribution in [0.1, 0.15) is 27.7 Å². The Morgan fingerprint density at radius 2 is 2.06 bits per heavy atom. The molecule has 1 rings (SSSR count). The lowest BCUT2D eigenvalue weighted by molar-refractivity contribution is -0.122. The number of hydrogen-bond donors (Lipinski definition) is 2. The average molecular weight is 273 g/mol. The summed E-state index contributed by atoms with van der Waals surface area (Å²) in [4.78, 5) is 14.3. The first-order valence-corrected chi connectivity index (χ1v) is 8.02. The quantitative estimate of drug-likeness (QED) is 0.755. The molecular formula is C13H27N3OS. The molecule has 1 atom stereocenters. The fraction of sp³-hybridized carbons (Fsp3) is 0.923. The zero-order chi connectivity index (χ0) is 13.5. The van der Waals surface area contributed by atoms with E-state index in [9.17, 15) is 4.79 Å². The molecule has 1 amide bonds. The van der Waals surface area contributed by atoms with Gasteiger partial charge in [0.05, 0.1) is 6.04 Å². The first kappa shape index (κ1) is 15.8. The van der Waals surface area contributed by atoms with Crippen LogP contribution in [-0.4, -0.2) is 60.1 Å². The molecule has 18 heavy (non-hydrogen) atoms. The lowest BCUT2D eigenvalue weighted by Gasteiger charge is -2.31. The van der Waals surface area contributed by atoms with Crippen molar-refractivity contribution in [1.29, 1.82) is 0 Å². The number of rotatable bonds is 6. The van der Waals surface area contributed by atoms with Gasteiger partial charge < -0.3 is 10.6 Å². The van der Waals surface area contributed by atoms with Gasteiger partial charge in [0.1, 0.15) is 0 Å². The zero-order valence-electron chi connectivity index (χ0n) is 12.0. The van der Waals surface area contributed by atoms with E-state index < -0.39 is 0 Å². The van der Waals surface area contributed by atoms with E-state index in [1.807, 2.05) is 11.8 Å². The third-order valence-corrected chi connectivity index (χ3v) is 4.30. The average Bonchev–Trinajstić information content (AvgIpc) is 2.34. The minimum absolute atomic E-state index is 0.00435. The van der Waals surface area contributed by atoms with Gasteiger partial charge in [0.2, 0.25) is 5.91 Å². The number of carbonyl (C=O) groups is 1. The third kappa shape index (κ3) is 5.16. The minimum Gasteiger partial charge on any atom is -0.353 e. The van der Waals surface area contributed by atoms with Crippen LogP contribution in [0, 0.1) is 0 Å². The topological polar surface area (TPSA) is 44.4 Å². The highest BCUT2D eigenvalue weighted by Gasteiger charge is 2.21. The van der Waals surface area contributed by atoms with Crippen molar-refractivity contribution in [3.63, 3.8) is 0 Å². The van der Waals surface area contributed by atoms with E-state index in [0.717, 1.165) is 31.1 Å². The Labute approximate surface area is 115 Å². The highest BCUT2D eigenvalue weighted by Crippen LogP contribution is 2.07. The Hall–Kier alpha value is -0.260. The molecule has 1 aliphatic rings. The van der Waals surface area contributed by atoms with E-state index in [2.05, 4.69) is 43.2 Å². The SMILES string of the molecule is CC(C)N(CCNC(=O)C1CSCCN1)C(C)C. The molecule has 2 N–H and O–H groups in total. The second-order valence-electron chi connectivity index (χ2n) is 5.30. The summed E-state index contributed by atoms with van der Waals surface area (Å²) < 4.78 is 0. The Bertz CT molecular complexity index is 245. The summed E-state index contributed by atoms with van der Waals surface area (Å²) in [6, 6.07) is 1.03. The monoisotopic (exact) mass is 273 g/mol. The lowest BCUT2D eigenvalue weighted by Crippen LogP contribution is -2.51. The van der Waals surface area contributed by atoms with Gasteiger partial charge in [-0.2, -0.15) is 11.8 Å². The van der Waals surface area contributed by atoms with Crippen LogP contribution in [0.4, 0.5) is 0 Å². The van der Waals surface area contributed by atoms with Crippen LogP contribution in [0.2, 0.25) is 0 Å². The maximum absolute atomic E-state index is 11.9. The van der Waals surface area contributed by atoms with Gasteiger partial charge >= 0.3 is 0 Å².